The number of hydrogen-bond donors (Lipinski definition) is 1. The highest BCUT2D eigenvalue weighted by Gasteiger charge is 2.31. The first-order valence-corrected chi connectivity index (χ1v) is 8.23. The lowest BCUT2D eigenvalue weighted by molar-refractivity contribution is -0.138. The normalized spacial score (nSPS) is 20.1. The predicted octanol–water partition coefficient (Wildman–Crippen LogP) is 1.57. The summed E-state index contributed by atoms with van der Waals surface area (Å²) in [5.74, 6) is -0.535. The van der Waals surface area contributed by atoms with E-state index >= 15 is 0 Å². The Kier molecular flexibility index (Phi) is 4.84. The van der Waals surface area contributed by atoms with E-state index in [1.165, 1.54) is 23.5 Å². The lowest BCUT2D eigenvalue weighted by atomic mass is 9.96. The number of benzene rings is 1. The number of rotatable bonds is 5. The molecule has 0 bridgehead atoms. The van der Waals surface area contributed by atoms with Gasteiger partial charge in [-0.1, -0.05) is 6.07 Å². The van der Waals surface area contributed by atoms with Gasteiger partial charge in [-0.05, 0) is 30.9 Å². The van der Waals surface area contributed by atoms with E-state index in [1.54, 1.807) is 12.1 Å². The summed E-state index contributed by atoms with van der Waals surface area (Å²) in [6.07, 6.45) is 1.43. The molecule has 0 aromatic heterocycles. The van der Waals surface area contributed by atoms with Crippen LogP contribution in [0, 0.1) is 5.92 Å². The third-order valence-electron chi connectivity index (χ3n) is 3.62. The number of hydrogen-bond acceptors (Lipinski definition) is 4. The van der Waals surface area contributed by atoms with Crippen LogP contribution in [0.4, 0.5) is 0 Å². The number of nitrogens with zero attached hydrogens (tertiary/aromatic N) is 1. The predicted molar refractivity (Wildman–Crippen MR) is 76.7 cm³/mol. The number of sulfonamides is 1. The van der Waals surface area contributed by atoms with E-state index in [2.05, 4.69) is 0 Å². The van der Waals surface area contributed by atoms with Crippen molar-refractivity contribution in [3.05, 3.63) is 24.3 Å². The van der Waals surface area contributed by atoms with Crippen LogP contribution >= 0.6 is 0 Å². The van der Waals surface area contributed by atoms with Gasteiger partial charge in [-0.25, -0.2) is 8.42 Å². The first kappa shape index (κ1) is 15.8. The van der Waals surface area contributed by atoms with E-state index < -0.39 is 16.0 Å². The van der Waals surface area contributed by atoms with Gasteiger partial charge in [0.05, 0.1) is 12.0 Å². The molecule has 1 aromatic rings. The van der Waals surface area contributed by atoms with Crippen LogP contribution in [0.25, 0.3) is 0 Å². The van der Waals surface area contributed by atoms with Gasteiger partial charge in [-0.2, -0.15) is 4.31 Å². The molecule has 0 amide bonds. The van der Waals surface area contributed by atoms with Crippen LogP contribution in [0.3, 0.4) is 0 Å². The highest BCUT2D eigenvalue weighted by molar-refractivity contribution is 7.89. The number of carboxylic acid groups (broad SMARTS) is 1. The van der Waals surface area contributed by atoms with Crippen molar-refractivity contribution in [1.82, 2.24) is 4.31 Å². The van der Waals surface area contributed by atoms with Crippen LogP contribution in [0.1, 0.15) is 19.3 Å². The van der Waals surface area contributed by atoms with E-state index in [4.69, 9.17) is 9.84 Å². The standard InChI is InChI=1S/C14H19NO5S/c1-20-12-5-2-6-13(9-12)21(18,19)15-7-3-4-11(10-15)8-14(16)17/h2,5-6,9,11H,3-4,7-8,10H2,1H3,(H,16,17). The van der Waals surface area contributed by atoms with E-state index in [1.807, 2.05) is 0 Å². The summed E-state index contributed by atoms with van der Waals surface area (Å²) in [7, 11) is -2.12. The Balaban J connectivity index is 2.20. The molecule has 1 fully saturated rings. The molecule has 0 radical (unpaired) electrons. The van der Waals surface area contributed by atoms with Crippen LogP contribution in [-0.2, 0) is 14.8 Å². The summed E-state index contributed by atoms with van der Waals surface area (Å²) in [5.41, 5.74) is 0. The summed E-state index contributed by atoms with van der Waals surface area (Å²) in [6, 6.07) is 6.32. The molecule has 1 aliphatic rings. The van der Waals surface area contributed by atoms with E-state index in [0.29, 0.717) is 18.7 Å². The molecule has 1 N–H and O–H groups in total. The summed E-state index contributed by atoms with van der Waals surface area (Å²) in [6.45, 7) is 0.682. The molecule has 1 saturated heterocycles. The zero-order valence-corrected chi connectivity index (χ0v) is 12.7. The molecule has 21 heavy (non-hydrogen) atoms. The van der Waals surface area contributed by atoms with Crippen molar-refractivity contribution in [3.63, 3.8) is 0 Å². The Morgan fingerprint density at radius 3 is 2.90 bits per heavy atom. The van der Waals surface area contributed by atoms with Crippen molar-refractivity contribution >= 4 is 16.0 Å². The number of piperidine rings is 1. The second-order valence-electron chi connectivity index (χ2n) is 5.15. The van der Waals surface area contributed by atoms with E-state index in [-0.39, 0.29) is 23.8 Å². The first-order chi connectivity index (χ1) is 9.93. The Morgan fingerprint density at radius 1 is 1.48 bits per heavy atom. The molecular formula is C14H19NO5S. The molecule has 0 aliphatic carbocycles. The fourth-order valence-electron chi connectivity index (χ4n) is 2.57. The van der Waals surface area contributed by atoms with Crippen LogP contribution in [0.15, 0.2) is 29.2 Å². The maximum Gasteiger partial charge on any atom is 0.303 e. The number of methoxy groups -OCH3 is 1. The van der Waals surface area contributed by atoms with Crippen LogP contribution in [0.2, 0.25) is 0 Å². The maximum atomic E-state index is 12.6. The van der Waals surface area contributed by atoms with Gasteiger partial charge in [0.1, 0.15) is 5.75 Å². The minimum atomic E-state index is -3.60. The Labute approximate surface area is 124 Å². The van der Waals surface area contributed by atoms with Crippen molar-refractivity contribution < 1.29 is 23.1 Å². The lowest BCUT2D eigenvalue weighted by Crippen LogP contribution is -2.40. The molecule has 2 rings (SSSR count). The molecular weight excluding hydrogens is 294 g/mol. The summed E-state index contributed by atoms with van der Waals surface area (Å²) in [4.78, 5) is 11.0. The van der Waals surface area contributed by atoms with E-state index in [0.717, 1.165) is 6.42 Å². The minimum Gasteiger partial charge on any atom is -0.497 e. The molecule has 7 heteroatoms. The zero-order valence-electron chi connectivity index (χ0n) is 11.9. The van der Waals surface area contributed by atoms with Crippen molar-refractivity contribution in [1.29, 1.82) is 0 Å². The third kappa shape index (κ3) is 3.74. The molecule has 1 aromatic carbocycles. The SMILES string of the molecule is COc1cccc(S(=O)(=O)N2CCCC(CC(=O)O)C2)c1. The number of ether oxygens (including phenoxy) is 1. The first-order valence-electron chi connectivity index (χ1n) is 6.79. The molecule has 116 valence electrons. The van der Waals surface area contributed by atoms with Gasteiger partial charge in [0.15, 0.2) is 0 Å². The van der Waals surface area contributed by atoms with Crippen LogP contribution < -0.4 is 4.74 Å². The molecule has 6 nitrogen and oxygen atoms in total. The largest absolute Gasteiger partial charge is 0.497 e. The van der Waals surface area contributed by atoms with Crippen LogP contribution in [0.5, 0.6) is 5.75 Å². The number of carboxylic acids is 1. The van der Waals surface area contributed by atoms with Gasteiger partial charge in [-0.3, -0.25) is 4.79 Å². The zero-order chi connectivity index (χ0) is 15.5. The van der Waals surface area contributed by atoms with Crippen molar-refractivity contribution in [2.45, 2.75) is 24.2 Å². The van der Waals surface area contributed by atoms with Gasteiger partial charge >= 0.3 is 5.97 Å². The van der Waals surface area contributed by atoms with Gasteiger partial charge in [0, 0.05) is 25.6 Å². The van der Waals surface area contributed by atoms with Gasteiger partial charge < -0.3 is 9.84 Å². The minimum absolute atomic E-state index is 0.00410. The topological polar surface area (TPSA) is 83.9 Å². The highest BCUT2D eigenvalue weighted by atomic mass is 32.2. The van der Waals surface area contributed by atoms with Gasteiger partial charge in [0.2, 0.25) is 10.0 Å². The third-order valence-corrected chi connectivity index (χ3v) is 5.49. The monoisotopic (exact) mass is 313 g/mol. The average Bonchev–Trinajstić information content (AvgIpc) is 2.47. The second-order valence-corrected chi connectivity index (χ2v) is 7.09. The summed E-state index contributed by atoms with van der Waals surface area (Å²) < 4.78 is 31.6. The van der Waals surface area contributed by atoms with Gasteiger partial charge in [0.25, 0.3) is 0 Å². The average molecular weight is 313 g/mol. The lowest BCUT2D eigenvalue weighted by Gasteiger charge is -2.31. The summed E-state index contributed by atoms with van der Waals surface area (Å²) >= 11 is 0. The molecule has 1 heterocycles. The Hall–Kier alpha value is -1.60. The smallest absolute Gasteiger partial charge is 0.303 e. The van der Waals surface area contributed by atoms with Crippen molar-refractivity contribution in [2.24, 2.45) is 5.92 Å². The fraction of sp³-hybridized carbons (Fsp3) is 0.500. The number of aliphatic carboxylic acids is 1. The highest BCUT2D eigenvalue weighted by Crippen LogP contribution is 2.27. The maximum absolute atomic E-state index is 12.6. The Morgan fingerprint density at radius 2 is 2.24 bits per heavy atom. The molecule has 1 unspecified atom stereocenters. The van der Waals surface area contributed by atoms with E-state index in [9.17, 15) is 13.2 Å². The second kappa shape index (κ2) is 6.44. The van der Waals surface area contributed by atoms with Crippen molar-refractivity contribution in [2.75, 3.05) is 20.2 Å². The molecule has 0 spiro atoms. The quantitative estimate of drug-likeness (QED) is 0.892. The molecule has 1 aliphatic heterocycles. The summed E-state index contributed by atoms with van der Waals surface area (Å²) in [5, 5.41) is 8.86. The Bertz CT molecular complexity index is 614. The number of carbonyl (C=O) groups is 1. The van der Waals surface area contributed by atoms with Crippen LogP contribution in [-0.4, -0.2) is 44.0 Å². The molecule has 1 atom stereocenters. The molecule has 0 saturated carbocycles. The fourth-order valence-corrected chi connectivity index (χ4v) is 4.16. The van der Waals surface area contributed by atoms with Crippen molar-refractivity contribution in [3.8, 4) is 5.75 Å². The van der Waals surface area contributed by atoms with Gasteiger partial charge in [-0.15, -0.1) is 0 Å².